The van der Waals surface area contributed by atoms with Crippen LogP contribution in [0.1, 0.15) is 33.6 Å². The maximum atomic E-state index is 4.29. The third kappa shape index (κ3) is 7.34. The van der Waals surface area contributed by atoms with Crippen LogP contribution in [-0.4, -0.2) is 50.6 Å². The van der Waals surface area contributed by atoms with Gasteiger partial charge in [0, 0.05) is 25.7 Å². The zero-order valence-corrected chi connectivity index (χ0v) is 15.6. The van der Waals surface area contributed by atoms with Crippen molar-refractivity contribution in [2.24, 2.45) is 16.8 Å². The summed E-state index contributed by atoms with van der Waals surface area (Å²) in [5, 5.41) is 6.90. The van der Waals surface area contributed by atoms with Crippen LogP contribution in [-0.2, 0) is 0 Å². The van der Waals surface area contributed by atoms with Crippen LogP contribution in [0.3, 0.4) is 0 Å². The molecule has 3 unspecified atom stereocenters. The fourth-order valence-corrected chi connectivity index (χ4v) is 2.13. The van der Waals surface area contributed by atoms with Crippen molar-refractivity contribution in [3.8, 4) is 0 Å². The number of nitrogens with zero attached hydrogens (tertiary/aromatic N) is 2. The van der Waals surface area contributed by atoms with E-state index >= 15 is 0 Å². The van der Waals surface area contributed by atoms with Crippen LogP contribution in [0.4, 0.5) is 0 Å². The summed E-state index contributed by atoms with van der Waals surface area (Å²) in [6, 6.07) is 1.18. The van der Waals surface area contributed by atoms with E-state index < -0.39 is 0 Å². The van der Waals surface area contributed by atoms with Crippen molar-refractivity contribution in [2.45, 2.75) is 45.7 Å². The van der Waals surface area contributed by atoms with E-state index in [0.717, 1.165) is 24.3 Å². The zero-order valence-electron chi connectivity index (χ0n) is 13.2. The second kappa shape index (κ2) is 9.00. The van der Waals surface area contributed by atoms with E-state index in [1.807, 2.05) is 7.05 Å². The number of hydrogen-bond acceptors (Lipinski definition) is 2. The highest BCUT2D eigenvalue weighted by Crippen LogP contribution is 2.28. The lowest BCUT2D eigenvalue weighted by atomic mass is 10.0. The summed E-state index contributed by atoms with van der Waals surface area (Å²) in [6.07, 6.45) is 2.47. The molecule has 0 spiro atoms. The molecular formula is C14H31IN4. The van der Waals surface area contributed by atoms with Gasteiger partial charge in [0.05, 0.1) is 0 Å². The molecule has 4 nitrogen and oxygen atoms in total. The van der Waals surface area contributed by atoms with E-state index in [1.54, 1.807) is 0 Å². The van der Waals surface area contributed by atoms with Crippen LogP contribution >= 0.6 is 24.0 Å². The van der Waals surface area contributed by atoms with Crippen LogP contribution in [0.15, 0.2) is 4.99 Å². The number of hydrogen-bond donors (Lipinski definition) is 2. The average molecular weight is 382 g/mol. The molecule has 0 aromatic carbocycles. The summed E-state index contributed by atoms with van der Waals surface area (Å²) in [7, 11) is 6.14. The maximum Gasteiger partial charge on any atom is 0.191 e. The molecule has 0 aliphatic heterocycles. The van der Waals surface area contributed by atoms with Crippen LogP contribution < -0.4 is 10.6 Å². The van der Waals surface area contributed by atoms with Crippen LogP contribution in [0.25, 0.3) is 0 Å². The summed E-state index contributed by atoms with van der Waals surface area (Å²) in [5.41, 5.74) is 0. The Kier molecular flexibility index (Phi) is 8.98. The highest BCUT2D eigenvalue weighted by molar-refractivity contribution is 14.0. The normalized spacial score (nSPS) is 24.1. The Hall–Kier alpha value is -0.0400. The number of likely N-dealkylation sites (N-methyl/N-ethyl adjacent to an activating group) is 1. The quantitative estimate of drug-likeness (QED) is 0.420. The third-order valence-corrected chi connectivity index (χ3v) is 3.63. The average Bonchev–Trinajstić information content (AvgIpc) is 2.97. The van der Waals surface area contributed by atoms with E-state index in [-0.39, 0.29) is 24.0 Å². The molecule has 0 aromatic rings. The van der Waals surface area contributed by atoms with Crippen molar-refractivity contribution in [1.82, 2.24) is 15.5 Å². The van der Waals surface area contributed by atoms with Gasteiger partial charge >= 0.3 is 0 Å². The molecule has 1 aliphatic rings. The largest absolute Gasteiger partial charge is 0.355 e. The molecule has 1 saturated carbocycles. The Morgan fingerprint density at radius 3 is 2.32 bits per heavy atom. The first-order valence-corrected chi connectivity index (χ1v) is 7.07. The lowest BCUT2D eigenvalue weighted by Crippen LogP contribution is -2.46. The van der Waals surface area contributed by atoms with Gasteiger partial charge in [0.2, 0.25) is 0 Å². The Morgan fingerprint density at radius 1 is 1.37 bits per heavy atom. The lowest BCUT2D eigenvalue weighted by molar-refractivity contribution is 0.254. The molecule has 5 heteroatoms. The van der Waals surface area contributed by atoms with Crippen molar-refractivity contribution < 1.29 is 0 Å². The fraction of sp³-hybridized carbons (Fsp3) is 0.929. The van der Waals surface area contributed by atoms with Crippen LogP contribution in [0.5, 0.6) is 0 Å². The minimum atomic E-state index is 0. The molecule has 2 N–H and O–H groups in total. The predicted octanol–water partition coefficient (Wildman–Crippen LogP) is 2.15. The van der Waals surface area contributed by atoms with Crippen molar-refractivity contribution in [1.29, 1.82) is 0 Å². The first-order chi connectivity index (χ1) is 8.43. The number of guanidine groups is 1. The molecule has 0 bridgehead atoms. The topological polar surface area (TPSA) is 39.7 Å². The second-order valence-corrected chi connectivity index (χ2v) is 6.16. The fourth-order valence-electron chi connectivity index (χ4n) is 2.13. The number of nitrogens with one attached hydrogen (secondary N) is 2. The molecular weight excluding hydrogens is 351 g/mol. The van der Waals surface area contributed by atoms with Crippen molar-refractivity contribution in [2.75, 3.05) is 27.7 Å². The minimum absolute atomic E-state index is 0. The number of rotatable bonds is 6. The van der Waals surface area contributed by atoms with Gasteiger partial charge in [-0.3, -0.25) is 4.99 Å². The molecule has 1 fully saturated rings. The van der Waals surface area contributed by atoms with Gasteiger partial charge in [-0.05, 0) is 38.8 Å². The van der Waals surface area contributed by atoms with E-state index in [9.17, 15) is 0 Å². The predicted molar refractivity (Wildman–Crippen MR) is 94.4 cm³/mol. The Labute approximate surface area is 135 Å². The van der Waals surface area contributed by atoms with Crippen LogP contribution in [0.2, 0.25) is 0 Å². The molecule has 0 aromatic heterocycles. The summed E-state index contributed by atoms with van der Waals surface area (Å²) >= 11 is 0. The van der Waals surface area contributed by atoms with Gasteiger partial charge < -0.3 is 15.5 Å². The first-order valence-electron chi connectivity index (χ1n) is 7.07. The number of halogens is 1. The maximum absolute atomic E-state index is 4.29. The highest BCUT2D eigenvalue weighted by atomic mass is 127. The van der Waals surface area contributed by atoms with E-state index in [4.69, 9.17) is 0 Å². The molecule has 0 radical (unpaired) electrons. The van der Waals surface area contributed by atoms with E-state index in [1.165, 1.54) is 12.8 Å². The molecule has 19 heavy (non-hydrogen) atoms. The molecule has 0 amide bonds. The Balaban J connectivity index is 0.00000324. The summed E-state index contributed by atoms with van der Waals surface area (Å²) in [5.74, 6) is 2.46. The van der Waals surface area contributed by atoms with Gasteiger partial charge in [-0.25, -0.2) is 0 Å². The van der Waals surface area contributed by atoms with E-state index in [2.05, 4.69) is 55.4 Å². The highest BCUT2D eigenvalue weighted by Gasteiger charge is 2.33. The van der Waals surface area contributed by atoms with Gasteiger partial charge in [-0.15, -0.1) is 24.0 Å². The second-order valence-electron chi connectivity index (χ2n) is 6.16. The molecule has 0 heterocycles. The SMILES string of the molecule is CN=C(NCC(CC(C)C)N(C)C)NC1CC1C.I. The van der Waals surface area contributed by atoms with Gasteiger partial charge in [0.15, 0.2) is 5.96 Å². The van der Waals surface area contributed by atoms with Crippen LogP contribution in [0, 0.1) is 11.8 Å². The van der Waals surface area contributed by atoms with Gasteiger partial charge in [-0.2, -0.15) is 0 Å². The van der Waals surface area contributed by atoms with Crippen molar-refractivity contribution in [3.63, 3.8) is 0 Å². The van der Waals surface area contributed by atoms with Gasteiger partial charge in [0.25, 0.3) is 0 Å². The monoisotopic (exact) mass is 382 g/mol. The van der Waals surface area contributed by atoms with Gasteiger partial charge in [0.1, 0.15) is 0 Å². The molecule has 1 aliphatic carbocycles. The Bertz CT molecular complexity index is 279. The summed E-state index contributed by atoms with van der Waals surface area (Å²) < 4.78 is 0. The zero-order chi connectivity index (χ0) is 13.7. The summed E-state index contributed by atoms with van der Waals surface area (Å²) in [4.78, 5) is 6.58. The molecule has 3 atom stereocenters. The molecule has 0 saturated heterocycles. The molecule has 1 rings (SSSR count). The first kappa shape index (κ1) is 19.0. The van der Waals surface area contributed by atoms with Crippen molar-refractivity contribution in [3.05, 3.63) is 0 Å². The van der Waals surface area contributed by atoms with E-state index in [0.29, 0.717) is 12.1 Å². The third-order valence-electron chi connectivity index (χ3n) is 3.63. The lowest BCUT2D eigenvalue weighted by Gasteiger charge is -2.27. The molecule has 114 valence electrons. The smallest absolute Gasteiger partial charge is 0.191 e. The van der Waals surface area contributed by atoms with Crippen molar-refractivity contribution >= 4 is 29.9 Å². The van der Waals surface area contributed by atoms with Gasteiger partial charge in [-0.1, -0.05) is 20.8 Å². The Morgan fingerprint density at radius 2 is 1.95 bits per heavy atom. The summed E-state index contributed by atoms with van der Waals surface area (Å²) in [6.45, 7) is 7.77. The minimum Gasteiger partial charge on any atom is -0.355 e. The standard InChI is InChI=1S/C14H30N4.HI/c1-10(2)7-12(18(5)6)9-16-14(15-4)17-13-8-11(13)3;/h10-13H,7-9H2,1-6H3,(H2,15,16,17);1H. The number of aliphatic imine (C=N–C) groups is 1.